The molecule has 1 aromatic carbocycles. The first-order chi connectivity index (χ1) is 7.06. The molecule has 0 aliphatic carbocycles. The molecule has 0 aromatic heterocycles. The van der Waals surface area contributed by atoms with Crippen LogP contribution in [0.5, 0.6) is 0 Å². The molecule has 0 saturated carbocycles. The predicted octanol–water partition coefficient (Wildman–Crippen LogP) is 1.63. The monoisotopic (exact) mass is 225 g/mol. The average Bonchev–Trinajstić information content (AvgIpc) is 2.18. The van der Waals surface area contributed by atoms with Crippen molar-refractivity contribution in [2.24, 2.45) is 5.73 Å². The predicted molar refractivity (Wildman–Crippen MR) is 61.2 cm³/mol. The lowest BCUT2D eigenvalue weighted by Crippen LogP contribution is -1.98. The first-order valence-corrected chi connectivity index (χ1v) is 6.29. The molecule has 2 N–H and O–H groups in total. The molecule has 0 aliphatic heterocycles. The Bertz CT molecular complexity index is 432. The number of hydrogen-bond acceptors (Lipinski definition) is 3. The molecule has 0 heterocycles. The van der Waals surface area contributed by atoms with Gasteiger partial charge in [-0.05, 0) is 32.0 Å². The van der Waals surface area contributed by atoms with E-state index in [-0.39, 0.29) is 0 Å². The fourth-order valence-electron chi connectivity index (χ4n) is 1.10. The Morgan fingerprint density at radius 2 is 1.87 bits per heavy atom. The van der Waals surface area contributed by atoms with Gasteiger partial charge in [0.2, 0.25) is 0 Å². The zero-order valence-corrected chi connectivity index (χ0v) is 9.50. The average molecular weight is 225 g/mol. The van der Waals surface area contributed by atoms with Crippen LogP contribution in [0.3, 0.4) is 0 Å². The van der Waals surface area contributed by atoms with Crippen LogP contribution in [-0.2, 0) is 9.84 Å². The summed E-state index contributed by atoms with van der Waals surface area (Å²) in [5.74, 6) is 0. The molecule has 0 unspecified atom stereocenters. The lowest BCUT2D eigenvalue weighted by atomic mass is 10.2. The van der Waals surface area contributed by atoms with Gasteiger partial charge < -0.3 is 5.73 Å². The van der Waals surface area contributed by atoms with Crippen LogP contribution in [0.1, 0.15) is 12.0 Å². The van der Waals surface area contributed by atoms with Crippen LogP contribution in [0.2, 0.25) is 0 Å². The Balaban J connectivity index is 2.91. The van der Waals surface area contributed by atoms with Crippen molar-refractivity contribution < 1.29 is 8.42 Å². The largest absolute Gasteiger partial charge is 0.330 e. The topological polar surface area (TPSA) is 60.2 Å². The number of nitrogens with two attached hydrogens (primary N) is 1. The molecule has 15 heavy (non-hydrogen) atoms. The Labute approximate surface area is 90.5 Å². The third kappa shape index (κ3) is 3.49. The van der Waals surface area contributed by atoms with Crippen molar-refractivity contribution in [2.45, 2.75) is 18.2 Å². The van der Waals surface area contributed by atoms with Gasteiger partial charge in [-0.15, -0.1) is 0 Å². The standard InChI is InChI=1S/C11H15NO2S/c1-10-4-6-11(7-5-10)15(13,14)9-3-2-8-12/h3-7,9H,2,8,12H2,1H3. The molecule has 0 saturated heterocycles. The minimum Gasteiger partial charge on any atom is -0.330 e. The zero-order chi connectivity index (χ0) is 11.3. The lowest BCUT2D eigenvalue weighted by molar-refractivity contribution is 0.604. The minimum atomic E-state index is -3.29. The summed E-state index contributed by atoms with van der Waals surface area (Å²) in [4.78, 5) is 0.321. The highest BCUT2D eigenvalue weighted by molar-refractivity contribution is 7.94. The number of rotatable bonds is 4. The fourth-order valence-corrected chi connectivity index (χ4v) is 2.16. The van der Waals surface area contributed by atoms with Gasteiger partial charge in [-0.25, -0.2) is 8.42 Å². The Kier molecular flexibility index (Phi) is 4.05. The van der Waals surface area contributed by atoms with Gasteiger partial charge in [-0.3, -0.25) is 0 Å². The molecule has 3 nitrogen and oxygen atoms in total. The first-order valence-electron chi connectivity index (χ1n) is 4.74. The quantitative estimate of drug-likeness (QED) is 0.847. The summed E-state index contributed by atoms with van der Waals surface area (Å²) >= 11 is 0. The molecule has 1 rings (SSSR count). The summed E-state index contributed by atoms with van der Waals surface area (Å²) in [6.45, 7) is 2.38. The van der Waals surface area contributed by atoms with E-state index in [1.165, 1.54) is 5.41 Å². The van der Waals surface area contributed by atoms with Crippen molar-refractivity contribution in [3.05, 3.63) is 41.3 Å². The van der Waals surface area contributed by atoms with E-state index in [4.69, 9.17) is 5.73 Å². The third-order valence-corrected chi connectivity index (χ3v) is 3.44. The Morgan fingerprint density at radius 3 is 2.40 bits per heavy atom. The van der Waals surface area contributed by atoms with Gasteiger partial charge in [0.25, 0.3) is 0 Å². The van der Waals surface area contributed by atoms with E-state index in [1.54, 1.807) is 30.3 Å². The fraction of sp³-hybridized carbons (Fsp3) is 0.273. The molecule has 82 valence electrons. The van der Waals surface area contributed by atoms with Gasteiger partial charge in [-0.1, -0.05) is 23.8 Å². The molecule has 1 aromatic rings. The van der Waals surface area contributed by atoms with Crippen LogP contribution >= 0.6 is 0 Å². The van der Waals surface area contributed by atoms with Gasteiger partial charge in [-0.2, -0.15) is 0 Å². The van der Waals surface area contributed by atoms with Crippen LogP contribution in [0.15, 0.2) is 40.6 Å². The van der Waals surface area contributed by atoms with Crippen molar-refractivity contribution in [3.8, 4) is 0 Å². The zero-order valence-electron chi connectivity index (χ0n) is 8.68. The van der Waals surface area contributed by atoms with Gasteiger partial charge in [0, 0.05) is 5.41 Å². The molecule has 0 atom stereocenters. The third-order valence-electron chi connectivity index (χ3n) is 1.96. The van der Waals surface area contributed by atoms with Crippen LogP contribution in [0.4, 0.5) is 0 Å². The van der Waals surface area contributed by atoms with Crippen molar-refractivity contribution in [1.29, 1.82) is 0 Å². The van der Waals surface area contributed by atoms with Crippen molar-refractivity contribution in [2.75, 3.05) is 6.54 Å². The molecule has 0 radical (unpaired) electrons. The van der Waals surface area contributed by atoms with Crippen molar-refractivity contribution in [3.63, 3.8) is 0 Å². The normalized spacial score (nSPS) is 12.1. The van der Waals surface area contributed by atoms with Crippen LogP contribution < -0.4 is 5.73 Å². The summed E-state index contributed by atoms with van der Waals surface area (Å²) in [6.07, 6.45) is 2.15. The van der Waals surface area contributed by atoms with E-state index in [0.717, 1.165) is 5.56 Å². The Hall–Kier alpha value is -1.13. The molecule has 0 amide bonds. The van der Waals surface area contributed by atoms with Crippen LogP contribution in [0.25, 0.3) is 0 Å². The number of sulfone groups is 1. The molecule has 0 aliphatic rings. The summed E-state index contributed by atoms with van der Waals surface area (Å²) < 4.78 is 23.4. The summed E-state index contributed by atoms with van der Waals surface area (Å²) in [7, 11) is -3.29. The minimum absolute atomic E-state index is 0.321. The maximum Gasteiger partial charge on any atom is 0.199 e. The summed E-state index contributed by atoms with van der Waals surface area (Å²) in [5.41, 5.74) is 6.31. The molecular weight excluding hydrogens is 210 g/mol. The molecule has 0 bridgehead atoms. The van der Waals surface area contributed by atoms with Gasteiger partial charge >= 0.3 is 0 Å². The summed E-state index contributed by atoms with van der Waals surface area (Å²) in [5, 5.41) is 1.21. The van der Waals surface area contributed by atoms with E-state index < -0.39 is 9.84 Å². The second-order valence-corrected chi connectivity index (χ2v) is 5.14. The van der Waals surface area contributed by atoms with E-state index in [9.17, 15) is 8.42 Å². The lowest BCUT2D eigenvalue weighted by Gasteiger charge is -1.99. The smallest absolute Gasteiger partial charge is 0.199 e. The maximum absolute atomic E-state index is 11.7. The Morgan fingerprint density at radius 1 is 1.27 bits per heavy atom. The second kappa shape index (κ2) is 5.09. The van der Waals surface area contributed by atoms with Crippen LogP contribution in [-0.4, -0.2) is 15.0 Å². The van der Waals surface area contributed by atoms with Crippen LogP contribution in [0, 0.1) is 6.92 Å². The highest BCUT2D eigenvalue weighted by Crippen LogP contribution is 2.13. The van der Waals surface area contributed by atoms with Crippen molar-refractivity contribution in [1.82, 2.24) is 0 Å². The number of hydrogen-bond donors (Lipinski definition) is 1. The highest BCUT2D eigenvalue weighted by Gasteiger charge is 2.08. The van der Waals surface area contributed by atoms with E-state index in [1.807, 2.05) is 6.92 Å². The highest BCUT2D eigenvalue weighted by atomic mass is 32.2. The molecule has 0 fully saturated rings. The second-order valence-electron chi connectivity index (χ2n) is 3.31. The SMILES string of the molecule is Cc1ccc(S(=O)(=O)C=CCCN)cc1. The number of benzene rings is 1. The van der Waals surface area contributed by atoms with Gasteiger partial charge in [0.05, 0.1) is 4.90 Å². The van der Waals surface area contributed by atoms with Gasteiger partial charge in [0.1, 0.15) is 0 Å². The first kappa shape index (κ1) is 11.9. The van der Waals surface area contributed by atoms with Crippen molar-refractivity contribution >= 4 is 9.84 Å². The number of aryl methyl sites for hydroxylation is 1. The van der Waals surface area contributed by atoms with E-state index in [2.05, 4.69) is 0 Å². The molecular formula is C11H15NO2S. The molecule has 4 heteroatoms. The summed E-state index contributed by atoms with van der Waals surface area (Å²) in [6, 6.07) is 6.78. The van der Waals surface area contributed by atoms with E-state index in [0.29, 0.717) is 17.9 Å². The molecule has 0 spiro atoms. The maximum atomic E-state index is 11.7. The van der Waals surface area contributed by atoms with E-state index >= 15 is 0 Å². The van der Waals surface area contributed by atoms with Gasteiger partial charge in [0.15, 0.2) is 9.84 Å².